The van der Waals surface area contributed by atoms with Crippen LogP contribution in [0.25, 0.3) is 44.2 Å². The molecule has 5 rings (SSSR count). The van der Waals surface area contributed by atoms with E-state index in [1.54, 1.807) is 6.07 Å². The number of hydrogen-bond donors (Lipinski definition) is 0. The molecule has 0 aliphatic rings. The summed E-state index contributed by atoms with van der Waals surface area (Å²) in [6.07, 6.45) is -3.63. The van der Waals surface area contributed by atoms with Crippen molar-refractivity contribution in [1.82, 2.24) is 9.55 Å². The molecule has 0 bridgehead atoms. The second-order valence-electron chi connectivity index (χ2n) is 7.82. The summed E-state index contributed by atoms with van der Waals surface area (Å²) in [5.41, 5.74) is 3.35. The maximum Gasteiger partial charge on any atom is 0.433 e. The Morgan fingerprint density at radius 3 is 1.92 bits per heavy atom. The molecule has 0 aliphatic heterocycles. The molecule has 4 aromatic carbocycles. The third-order valence-corrected chi connectivity index (χ3v) is 5.60. The number of imidazole rings is 1. The fourth-order valence-electron chi connectivity index (χ4n) is 4.03. The van der Waals surface area contributed by atoms with Gasteiger partial charge in [0.05, 0.1) is 18.1 Å². The minimum Gasteiger partial charge on any atom is -0.338 e. The molecule has 0 N–H and O–H groups in total. The van der Waals surface area contributed by atoms with Gasteiger partial charge >= 0.3 is 6.18 Å². The van der Waals surface area contributed by atoms with E-state index in [9.17, 15) is 13.2 Å². The van der Waals surface area contributed by atoms with Gasteiger partial charge in [-0.05, 0) is 11.1 Å². The quantitative estimate of drug-likeness (QED) is 0.179. The molecule has 0 saturated heterocycles. The van der Waals surface area contributed by atoms with E-state index < -0.39 is 11.9 Å². The van der Waals surface area contributed by atoms with Crippen molar-refractivity contribution >= 4 is 5.69 Å². The third-order valence-electron chi connectivity index (χ3n) is 5.60. The Bertz CT molecular complexity index is 1480. The van der Waals surface area contributed by atoms with Crippen molar-refractivity contribution < 1.29 is 33.3 Å². The maximum absolute atomic E-state index is 13.9. The molecule has 0 aliphatic carbocycles. The van der Waals surface area contributed by atoms with Crippen LogP contribution in [-0.2, 0) is 26.3 Å². The second kappa shape index (κ2) is 10.3. The van der Waals surface area contributed by atoms with Crippen molar-refractivity contribution in [2.45, 2.75) is 6.18 Å². The van der Waals surface area contributed by atoms with Gasteiger partial charge in [0.2, 0.25) is 0 Å². The number of nitrogens with zero attached hydrogens (tertiary/aromatic N) is 3. The van der Waals surface area contributed by atoms with Crippen LogP contribution in [-0.4, -0.2) is 9.55 Å². The average Bonchev–Trinajstić information content (AvgIpc) is 3.35. The molecule has 0 fully saturated rings. The van der Waals surface area contributed by atoms with Gasteiger partial charge in [0, 0.05) is 37.4 Å². The van der Waals surface area contributed by atoms with E-state index >= 15 is 0 Å². The Hall–Kier alpha value is -3.98. The first-order chi connectivity index (χ1) is 17.0. The van der Waals surface area contributed by atoms with Gasteiger partial charge < -0.3 is 4.57 Å². The number of rotatable bonds is 4. The van der Waals surface area contributed by atoms with E-state index in [4.69, 9.17) is 6.57 Å². The molecule has 179 valence electrons. The van der Waals surface area contributed by atoms with Gasteiger partial charge in [-0.15, -0.1) is 23.8 Å². The maximum atomic E-state index is 13.9. The minimum atomic E-state index is -4.65. The van der Waals surface area contributed by atoms with Crippen LogP contribution in [0.5, 0.6) is 0 Å². The molecule has 0 spiro atoms. The predicted molar refractivity (Wildman–Crippen MR) is 130 cm³/mol. The smallest absolute Gasteiger partial charge is 0.338 e. The second-order valence-corrected chi connectivity index (χ2v) is 7.82. The molecule has 7 heteroatoms. The predicted octanol–water partition coefficient (Wildman–Crippen LogP) is 8.24. The van der Waals surface area contributed by atoms with Gasteiger partial charge in [-0.3, -0.25) is 9.83 Å². The van der Waals surface area contributed by atoms with Crippen LogP contribution >= 0.6 is 0 Å². The molecule has 1 radical (unpaired) electrons. The van der Waals surface area contributed by atoms with Crippen molar-refractivity contribution in [3.63, 3.8) is 0 Å². The largest absolute Gasteiger partial charge is 0.433 e. The summed E-state index contributed by atoms with van der Waals surface area (Å²) in [5.74, 6) is 0.0587. The number of halogens is 3. The van der Waals surface area contributed by atoms with Gasteiger partial charge in [0.15, 0.2) is 5.69 Å². The van der Waals surface area contributed by atoms with Crippen molar-refractivity contribution in [1.29, 1.82) is 0 Å². The molecule has 1 aromatic heterocycles. The number of alkyl halides is 3. The first-order valence-corrected chi connectivity index (χ1v) is 10.8. The summed E-state index contributed by atoms with van der Waals surface area (Å²) in [5, 5.41) is 0. The molecule has 0 saturated carbocycles. The summed E-state index contributed by atoms with van der Waals surface area (Å²) in [6.45, 7) is 7.32. The molecule has 0 atom stereocenters. The van der Waals surface area contributed by atoms with Gasteiger partial charge in [-0.25, -0.2) is 0 Å². The number of aromatic nitrogens is 2. The zero-order valence-electron chi connectivity index (χ0n) is 18.6. The molecule has 0 amide bonds. The summed E-state index contributed by atoms with van der Waals surface area (Å²) in [7, 11) is 0. The Morgan fingerprint density at radius 2 is 1.39 bits per heavy atom. The van der Waals surface area contributed by atoms with E-state index in [0.29, 0.717) is 16.9 Å². The van der Waals surface area contributed by atoms with Crippen LogP contribution in [0.2, 0.25) is 0 Å². The Kier molecular flexibility index (Phi) is 7.21. The van der Waals surface area contributed by atoms with Crippen LogP contribution in [0.15, 0.2) is 103 Å². The molecular weight excluding hydrogens is 640 g/mol. The van der Waals surface area contributed by atoms with E-state index in [1.165, 1.54) is 16.7 Å². The summed E-state index contributed by atoms with van der Waals surface area (Å²) >= 11 is 0. The third kappa shape index (κ3) is 4.87. The zero-order valence-corrected chi connectivity index (χ0v) is 21.0. The summed E-state index contributed by atoms with van der Waals surface area (Å²) < 4.78 is 43.1. The Labute approximate surface area is 220 Å². The van der Waals surface area contributed by atoms with Crippen LogP contribution in [0.4, 0.5) is 18.9 Å². The van der Waals surface area contributed by atoms with Crippen molar-refractivity contribution in [2.24, 2.45) is 0 Å². The van der Waals surface area contributed by atoms with Crippen LogP contribution in [0.1, 0.15) is 5.69 Å². The van der Waals surface area contributed by atoms with Gasteiger partial charge in [-0.1, -0.05) is 78.9 Å². The van der Waals surface area contributed by atoms with E-state index in [0.717, 1.165) is 28.5 Å². The summed E-state index contributed by atoms with van der Waals surface area (Å²) in [6, 6.07) is 32.2. The van der Waals surface area contributed by atoms with Crippen molar-refractivity contribution in [3.05, 3.63) is 126 Å². The van der Waals surface area contributed by atoms with Gasteiger partial charge in [0.1, 0.15) is 5.69 Å². The average molecular weight is 657 g/mol. The molecule has 1 heterocycles. The SMILES string of the molecule is [C-]#[N+]c1cc[c-]c(-c2nc(C(F)(F)F)cn2-c2c(-c3ccccc3)cccc2-c2ccccc2)c1.[Ir]. The molecule has 3 nitrogen and oxygen atoms in total. The van der Waals surface area contributed by atoms with E-state index in [2.05, 4.69) is 15.9 Å². The van der Waals surface area contributed by atoms with Crippen molar-refractivity contribution in [2.75, 3.05) is 0 Å². The molecular formula is C29H17F3IrN3-. The van der Waals surface area contributed by atoms with E-state index in [1.807, 2.05) is 78.9 Å². The molecule has 5 aromatic rings. The van der Waals surface area contributed by atoms with E-state index in [-0.39, 0.29) is 25.9 Å². The van der Waals surface area contributed by atoms with Gasteiger partial charge in [-0.2, -0.15) is 19.2 Å². The Morgan fingerprint density at radius 1 is 0.806 bits per heavy atom. The topological polar surface area (TPSA) is 22.2 Å². The first kappa shape index (κ1) is 25.1. The van der Waals surface area contributed by atoms with Crippen molar-refractivity contribution in [3.8, 4) is 39.3 Å². The fraction of sp³-hybridized carbons (Fsp3) is 0.0345. The summed E-state index contributed by atoms with van der Waals surface area (Å²) in [4.78, 5) is 7.39. The Balaban J connectivity index is 0.00000304. The zero-order chi connectivity index (χ0) is 24.4. The molecule has 0 unspecified atom stereocenters. The number of hydrogen-bond acceptors (Lipinski definition) is 1. The fourth-order valence-corrected chi connectivity index (χ4v) is 4.03. The minimum absolute atomic E-state index is 0. The van der Waals surface area contributed by atoms with Crippen LogP contribution in [0.3, 0.4) is 0 Å². The van der Waals surface area contributed by atoms with Crippen LogP contribution in [0, 0.1) is 12.6 Å². The normalized spacial score (nSPS) is 10.9. The number of benzene rings is 4. The molecule has 36 heavy (non-hydrogen) atoms. The monoisotopic (exact) mass is 657 g/mol. The first-order valence-electron chi connectivity index (χ1n) is 10.8. The van der Waals surface area contributed by atoms with Crippen LogP contribution < -0.4 is 0 Å². The standard InChI is InChI=1S/C29H17F3N3.Ir/c1-33-23-15-8-14-22(18-23)28-34-26(29(30,31)32)19-35(28)27-24(20-10-4-2-5-11-20)16-9-17-25(27)21-12-6-3-7-13-21;/h2-13,15-19H;/q-1;. The number of para-hydroxylation sites is 1. The van der Waals surface area contributed by atoms with Gasteiger partial charge in [0.25, 0.3) is 0 Å².